The van der Waals surface area contributed by atoms with Crippen LogP contribution in [0.3, 0.4) is 0 Å². The highest BCUT2D eigenvalue weighted by atomic mass is 16.4. The van der Waals surface area contributed by atoms with E-state index in [-0.39, 0.29) is 5.78 Å². The predicted molar refractivity (Wildman–Crippen MR) is 65.8 cm³/mol. The Hall–Kier alpha value is -2.43. The van der Waals surface area contributed by atoms with Gasteiger partial charge in [-0.1, -0.05) is 18.2 Å². The summed E-state index contributed by atoms with van der Waals surface area (Å²) in [4.78, 5) is 34.3. The molecule has 2 aromatic rings. The molecule has 1 aromatic carbocycles. The van der Waals surface area contributed by atoms with Crippen LogP contribution in [0.15, 0.2) is 35.3 Å². The van der Waals surface area contributed by atoms with Crippen LogP contribution in [0, 0.1) is 0 Å². The molecule has 0 spiro atoms. The molecule has 5 heteroatoms. The molecule has 0 saturated carbocycles. The van der Waals surface area contributed by atoms with Crippen LogP contribution in [0.5, 0.6) is 0 Å². The number of pyridine rings is 1. The average molecular weight is 245 g/mol. The van der Waals surface area contributed by atoms with E-state index in [1.807, 2.05) is 0 Å². The van der Waals surface area contributed by atoms with Gasteiger partial charge in [-0.2, -0.15) is 0 Å². The molecule has 0 aliphatic rings. The van der Waals surface area contributed by atoms with Gasteiger partial charge in [0, 0.05) is 17.1 Å². The molecule has 0 radical (unpaired) electrons. The maximum absolute atomic E-state index is 12.0. The fourth-order valence-electron chi connectivity index (χ4n) is 1.89. The first kappa shape index (κ1) is 12.0. The smallest absolute Gasteiger partial charge is 0.323 e. The van der Waals surface area contributed by atoms with Gasteiger partial charge in [-0.3, -0.25) is 14.4 Å². The largest absolute Gasteiger partial charge is 0.480 e. The number of aromatic nitrogens is 1. The van der Waals surface area contributed by atoms with E-state index in [9.17, 15) is 14.4 Å². The number of rotatable bonds is 3. The van der Waals surface area contributed by atoms with E-state index < -0.39 is 18.1 Å². The first-order valence-electron chi connectivity index (χ1n) is 5.35. The van der Waals surface area contributed by atoms with Gasteiger partial charge >= 0.3 is 5.97 Å². The molecule has 0 aliphatic carbocycles. The van der Waals surface area contributed by atoms with Crippen LogP contribution in [0.2, 0.25) is 0 Å². The number of aliphatic carboxylic acids is 1. The van der Waals surface area contributed by atoms with Gasteiger partial charge in [0.05, 0.1) is 0 Å². The third-order valence-corrected chi connectivity index (χ3v) is 2.68. The monoisotopic (exact) mass is 245 g/mol. The number of hydrogen-bond acceptors (Lipinski definition) is 3. The van der Waals surface area contributed by atoms with Gasteiger partial charge in [0.25, 0.3) is 5.56 Å². The quantitative estimate of drug-likeness (QED) is 0.826. The summed E-state index contributed by atoms with van der Waals surface area (Å²) in [6.45, 7) is 0.932. The topological polar surface area (TPSA) is 76.4 Å². The molecule has 18 heavy (non-hydrogen) atoms. The molecule has 0 saturated heterocycles. The van der Waals surface area contributed by atoms with Gasteiger partial charge in [-0.15, -0.1) is 0 Å². The second-order valence-electron chi connectivity index (χ2n) is 3.97. The minimum atomic E-state index is -1.12. The molecular formula is C13H11NO4. The van der Waals surface area contributed by atoms with E-state index >= 15 is 0 Å². The van der Waals surface area contributed by atoms with Crippen LogP contribution in [0.1, 0.15) is 17.3 Å². The van der Waals surface area contributed by atoms with Crippen molar-refractivity contribution < 1.29 is 14.7 Å². The van der Waals surface area contributed by atoms with Gasteiger partial charge in [0.15, 0.2) is 5.78 Å². The van der Waals surface area contributed by atoms with Crippen molar-refractivity contribution in [2.45, 2.75) is 13.5 Å². The number of ketones is 1. The molecule has 2 rings (SSSR count). The SMILES string of the molecule is CC(=O)c1cn(CC(=O)O)c(=O)c2ccccc12. The van der Waals surface area contributed by atoms with Crippen molar-refractivity contribution in [3.8, 4) is 0 Å². The summed E-state index contributed by atoms with van der Waals surface area (Å²) < 4.78 is 1.04. The number of nitrogens with zero attached hydrogens (tertiary/aromatic N) is 1. The number of hydrogen-bond donors (Lipinski definition) is 1. The molecule has 1 heterocycles. The van der Waals surface area contributed by atoms with Crippen LogP contribution < -0.4 is 5.56 Å². The van der Waals surface area contributed by atoms with Crippen LogP contribution >= 0.6 is 0 Å². The molecule has 0 amide bonds. The first-order valence-corrected chi connectivity index (χ1v) is 5.35. The fourth-order valence-corrected chi connectivity index (χ4v) is 1.89. The molecule has 0 atom stereocenters. The number of carboxylic acid groups (broad SMARTS) is 1. The molecule has 1 aromatic heterocycles. The van der Waals surface area contributed by atoms with E-state index in [1.165, 1.54) is 13.1 Å². The standard InChI is InChI=1S/C13H11NO4/c1-8(15)11-6-14(7-12(16)17)13(18)10-5-3-2-4-9(10)11/h2-6H,7H2,1H3,(H,16,17). The first-order chi connectivity index (χ1) is 8.50. The minimum Gasteiger partial charge on any atom is -0.480 e. The summed E-state index contributed by atoms with van der Waals surface area (Å²) in [5, 5.41) is 9.65. The normalized spacial score (nSPS) is 10.5. The van der Waals surface area contributed by atoms with E-state index in [4.69, 9.17) is 5.11 Å². The second kappa shape index (κ2) is 4.44. The van der Waals surface area contributed by atoms with Crippen molar-refractivity contribution in [1.29, 1.82) is 0 Å². The van der Waals surface area contributed by atoms with Crippen molar-refractivity contribution >= 4 is 22.5 Å². The Morgan fingerprint density at radius 2 is 1.83 bits per heavy atom. The van der Waals surface area contributed by atoms with Crippen molar-refractivity contribution in [2.24, 2.45) is 0 Å². The average Bonchev–Trinajstić information content (AvgIpc) is 2.32. The Bertz CT molecular complexity index is 700. The van der Waals surface area contributed by atoms with Crippen LogP contribution in [-0.4, -0.2) is 21.4 Å². The van der Waals surface area contributed by atoms with Crippen LogP contribution in [0.4, 0.5) is 0 Å². The molecule has 0 fully saturated rings. The molecular weight excluding hydrogens is 234 g/mol. The summed E-state index contributed by atoms with van der Waals surface area (Å²) in [5.74, 6) is -1.33. The maximum atomic E-state index is 12.0. The molecule has 1 N–H and O–H groups in total. The lowest BCUT2D eigenvalue weighted by Gasteiger charge is -2.08. The van der Waals surface area contributed by atoms with E-state index in [2.05, 4.69) is 0 Å². The summed E-state index contributed by atoms with van der Waals surface area (Å²) in [6.07, 6.45) is 1.31. The van der Waals surface area contributed by atoms with Crippen molar-refractivity contribution in [1.82, 2.24) is 4.57 Å². The Kier molecular flexibility index (Phi) is 2.97. The summed E-state index contributed by atoms with van der Waals surface area (Å²) in [5.41, 5.74) is -0.0514. The molecule has 5 nitrogen and oxygen atoms in total. The summed E-state index contributed by atoms with van der Waals surface area (Å²) in [7, 11) is 0. The van der Waals surface area contributed by atoms with Gasteiger partial charge in [0.2, 0.25) is 0 Å². The molecule has 92 valence electrons. The highest BCUT2D eigenvalue weighted by Gasteiger charge is 2.12. The summed E-state index contributed by atoms with van der Waals surface area (Å²) in [6, 6.07) is 6.68. The number of Topliss-reactive ketones (excluding diaryl/α,β-unsaturated/α-hetero) is 1. The minimum absolute atomic E-state index is 0.203. The van der Waals surface area contributed by atoms with Crippen LogP contribution in [0.25, 0.3) is 10.8 Å². The molecule has 0 bridgehead atoms. The van der Waals surface area contributed by atoms with E-state index in [0.717, 1.165) is 4.57 Å². The third kappa shape index (κ3) is 2.02. The Balaban J connectivity index is 2.83. The number of fused-ring (bicyclic) bond motifs is 1. The number of benzene rings is 1. The van der Waals surface area contributed by atoms with Crippen molar-refractivity contribution in [2.75, 3.05) is 0 Å². The third-order valence-electron chi connectivity index (χ3n) is 2.68. The number of carboxylic acids is 1. The Morgan fingerprint density at radius 3 is 2.39 bits per heavy atom. The van der Waals surface area contributed by atoms with Crippen molar-refractivity contribution in [3.05, 3.63) is 46.4 Å². The predicted octanol–water partition coefficient (Wildman–Crippen LogP) is 1.29. The Morgan fingerprint density at radius 1 is 1.22 bits per heavy atom. The highest BCUT2D eigenvalue weighted by molar-refractivity contribution is 6.06. The fraction of sp³-hybridized carbons (Fsp3) is 0.154. The number of carbonyl (C=O) groups excluding carboxylic acids is 1. The zero-order chi connectivity index (χ0) is 13.3. The lowest BCUT2D eigenvalue weighted by atomic mass is 10.1. The van der Waals surface area contributed by atoms with Gasteiger partial charge in [-0.25, -0.2) is 0 Å². The lowest BCUT2D eigenvalue weighted by Crippen LogP contribution is -2.25. The number of carbonyl (C=O) groups is 2. The van der Waals surface area contributed by atoms with Gasteiger partial charge < -0.3 is 9.67 Å². The van der Waals surface area contributed by atoms with Crippen molar-refractivity contribution in [3.63, 3.8) is 0 Å². The zero-order valence-corrected chi connectivity index (χ0v) is 9.71. The van der Waals surface area contributed by atoms with Gasteiger partial charge in [-0.05, 0) is 18.4 Å². The molecule has 0 aliphatic heterocycles. The lowest BCUT2D eigenvalue weighted by molar-refractivity contribution is -0.137. The molecule has 0 unspecified atom stereocenters. The second-order valence-corrected chi connectivity index (χ2v) is 3.97. The zero-order valence-electron chi connectivity index (χ0n) is 9.71. The van der Waals surface area contributed by atoms with Gasteiger partial charge in [0.1, 0.15) is 6.54 Å². The summed E-state index contributed by atoms with van der Waals surface area (Å²) >= 11 is 0. The van der Waals surface area contributed by atoms with Crippen LogP contribution in [-0.2, 0) is 11.3 Å². The maximum Gasteiger partial charge on any atom is 0.323 e. The highest BCUT2D eigenvalue weighted by Crippen LogP contribution is 2.15. The van der Waals surface area contributed by atoms with E-state index in [0.29, 0.717) is 16.3 Å². The Labute approximate surface area is 102 Å². The van der Waals surface area contributed by atoms with E-state index in [1.54, 1.807) is 24.3 Å².